The van der Waals surface area contributed by atoms with Gasteiger partial charge in [0, 0.05) is 19.8 Å². The number of hydrogen-bond donors (Lipinski definition) is 0. The molecule has 2 rings (SSSR count). The Kier molecular flexibility index (Phi) is 6.25. The van der Waals surface area contributed by atoms with Gasteiger partial charge in [0.15, 0.2) is 0 Å². The molecule has 0 aliphatic carbocycles. The van der Waals surface area contributed by atoms with E-state index in [9.17, 15) is 9.36 Å². The third-order valence-electron chi connectivity index (χ3n) is 3.33. The normalized spacial score (nSPS) is 12.8. The summed E-state index contributed by atoms with van der Waals surface area (Å²) in [6, 6.07) is 17.8. The van der Waals surface area contributed by atoms with E-state index < -0.39 is 19.2 Å². The minimum absolute atomic E-state index is 0.126. The van der Waals surface area contributed by atoms with Crippen molar-refractivity contribution in [2.45, 2.75) is 12.5 Å². The van der Waals surface area contributed by atoms with Crippen molar-refractivity contribution in [1.82, 2.24) is 0 Å². The van der Waals surface area contributed by atoms with Crippen LogP contribution in [0, 0.1) is 0 Å². The molecular formula is C17H19O5P. The number of ketones is 1. The number of hydrogen-bond acceptors (Lipinski definition) is 5. The molecule has 1 unspecified atom stereocenters. The summed E-state index contributed by atoms with van der Waals surface area (Å²) in [5.74, 6) is -1.76. The van der Waals surface area contributed by atoms with Crippen LogP contribution < -0.4 is 0 Å². The lowest BCUT2D eigenvalue weighted by Crippen LogP contribution is -2.26. The van der Waals surface area contributed by atoms with Gasteiger partial charge in [-0.2, -0.15) is 0 Å². The molecular weight excluding hydrogens is 315 g/mol. The first-order chi connectivity index (χ1) is 11.1. The van der Waals surface area contributed by atoms with E-state index >= 15 is 0 Å². The second-order valence-corrected chi connectivity index (χ2v) is 7.06. The highest BCUT2D eigenvalue weighted by atomic mass is 31.2. The molecule has 5 nitrogen and oxygen atoms in total. The van der Waals surface area contributed by atoms with Crippen LogP contribution >= 0.6 is 7.60 Å². The van der Waals surface area contributed by atoms with E-state index in [4.69, 9.17) is 13.8 Å². The third kappa shape index (κ3) is 4.36. The second-order valence-electron chi connectivity index (χ2n) is 4.78. The molecule has 0 spiro atoms. The predicted octanol–water partition coefficient (Wildman–Crippen LogP) is 3.90. The maximum absolute atomic E-state index is 12.7. The average molecular weight is 334 g/mol. The molecule has 0 aromatic heterocycles. The number of carbonyl (C=O) groups is 1. The lowest BCUT2D eigenvalue weighted by Gasteiger charge is -2.23. The highest BCUT2D eigenvalue weighted by molar-refractivity contribution is 7.55. The fourth-order valence-corrected chi connectivity index (χ4v) is 3.30. The largest absolute Gasteiger partial charge is 0.366 e. The molecule has 0 amide bonds. The Morgan fingerprint density at radius 3 is 2.00 bits per heavy atom. The molecule has 0 heterocycles. The van der Waals surface area contributed by atoms with E-state index in [1.165, 1.54) is 14.2 Å². The number of rotatable bonds is 8. The Hall–Kier alpha value is -1.78. The zero-order valence-electron chi connectivity index (χ0n) is 13.0. The van der Waals surface area contributed by atoms with Crippen molar-refractivity contribution in [3.05, 3.63) is 71.8 Å². The van der Waals surface area contributed by atoms with Gasteiger partial charge in [0.1, 0.15) is 0 Å². The molecule has 0 saturated heterocycles. The van der Waals surface area contributed by atoms with E-state index in [1.54, 1.807) is 30.3 Å². The van der Waals surface area contributed by atoms with Gasteiger partial charge >= 0.3 is 7.60 Å². The first-order valence-electron chi connectivity index (χ1n) is 7.06. The Morgan fingerprint density at radius 2 is 1.48 bits per heavy atom. The van der Waals surface area contributed by atoms with Crippen LogP contribution in [0.3, 0.4) is 0 Å². The van der Waals surface area contributed by atoms with Crippen LogP contribution in [0.25, 0.3) is 0 Å². The maximum atomic E-state index is 12.7. The number of Topliss-reactive ketones (excluding diaryl/α,β-unsaturated/α-hetero) is 1. The first-order valence-corrected chi connectivity index (χ1v) is 8.68. The van der Waals surface area contributed by atoms with Gasteiger partial charge in [-0.1, -0.05) is 60.7 Å². The number of ether oxygens (including phenoxy) is 1. The average Bonchev–Trinajstić information content (AvgIpc) is 2.63. The molecule has 0 aliphatic heterocycles. The Balaban J connectivity index is 2.25. The Labute approximate surface area is 135 Å². The van der Waals surface area contributed by atoms with Crippen LogP contribution in [0.4, 0.5) is 0 Å². The molecule has 23 heavy (non-hydrogen) atoms. The summed E-state index contributed by atoms with van der Waals surface area (Å²) in [4.78, 5) is 12.7. The lowest BCUT2D eigenvalue weighted by atomic mass is 10.1. The fourth-order valence-electron chi connectivity index (χ4n) is 2.07. The minimum atomic E-state index is -3.72. The van der Waals surface area contributed by atoms with E-state index in [0.717, 1.165) is 5.56 Å². The van der Waals surface area contributed by atoms with E-state index in [2.05, 4.69) is 0 Å². The summed E-state index contributed by atoms with van der Waals surface area (Å²) < 4.78 is 28.3. The Bertz CT molecular complexity index is 664. The topological polar surface area (TPSA) is 61.8 Å². The summed E-state index contributed by atoms with van der Waals surface area (Å²) in [7, 11) is -1.25. The summed E-state index contributed by atoms with van der Waals surface area (Å²) in [5.41, 5.74) is 1.25. The van der Waals surface area contributed by atoms with Gasteiger partial charge in [-0.3, -0.25) is 9.36 Å². The SMILES string of the molecule is COP(=O)(OC)C(OCc1ccccc1)C(=O)c1ccccc1. The smallest absolute Gasteiger partial charge is 0.353 e. The molecule has 6 heteroatoms. The molecule has 0 bridgehead atoms. The summed E-state index contributed by atoms with van der Waals surface area (Å²) in [5, 5.41) is 0. The molecule has 2 aromatic carbocycles. The fraction of sp³-hybridized carbons (Fsp3) is 0.235. The van der Waals surface area contributed by atoms with Crippen LogP contribution in [0.1, 0.15) is 15.9 Å². The van der Waals surface area contributed by atoms with Gasteiger partial charge in [-0.05, 0) is 5.56 Å². The van der Waals surface area contributed by atoms with Crippen LogP contribution in [0.15, 0.2) is 60.7 Å². The van der Waals surface area contributed by atoms with E-state index in [-0.39, 0.29) is 6.61 Å². The van der Waals surface area contributed by atoms with Gasteiger partial charge in [-0.25, -0.2) is 0 Å². The standard InChI is InChI=1S/C17H19O5P/c1-20-23(19,21-2)17(16(18)15-11-7-4-8-12-15)22-13-14-9-5-3-6-10-14/h3-12,17H,13H2,1-2H3. The highest BCUT2D eigenvalue weighted by Gasteiger charge is 2.41. The summed E-state index contributed by atoms with van der Waals surface area (Å²) in [6.45, 7) is 0.126. The first kappa shape index (κ1) is 17.6. The molecule has 0 N–H and O–H groups in total. The van der Waals surface area contributed by atoms with Crippen molar-refractivity contribution in [2.75, 3.05) is 14.2 Å². The molecule has 0 aliphatic rings. The van der Waals surface area contributed by atoms with Crippen LogP contribution in [0.5, 0.6) is 0 Å². The zero-order chi connectivity index (χ0) is 16.7. The monoisotopic (exact) mass is 334 g/mol. The molecule has 0 radical (unpaired) electrons. The number of benzene rings is 2. The van der Waals surface area contributed by atoms with Gasteiger partial charge < -0.3 is 13.8 Å². The van der Waals surface area contributed by atoms with E-state index in [0.29, 0.717) is 5.56 Å². The summed E-state index contributed by atoms with van der Waals surface area (Å²) >= 11 is 0. The molecule has 0 fully saturated rings. The predicted molar refractivity (Wildman–Crippen MR) is 87.4 cm³/mol. The van der Waals surface area contributed by atoms with Gasteiger partial charge in [-0.15, -0.1) is 0 Å². The summed E-state index contributed by atoms with van der Waals surface area (Å²) in [6.07, 6.45) is 0. The highest BCUT2D eigenvalue weighted by Crippen LogP contribution is 2.53. The van der Waals surface area contributed by atoms with Crippen LogP contribution in [-0.2, 0) is 25.0 Å². The quantitative estimate of drug-likeness (QED) is 0.541. The van der Waals surface area contributed by atoms with E-state index in [1.807, 2.05) is 30.3 Å². The van der Waals surface area contributed by atoms with Crippen LogP contribution in [-0.4, -0.2) is 25.8 Å². The Morgan fingerprint density at radius 1 is 0.957 bits per heavy atom. The molecule has 2 aromatic rings. The zero-order valence-corrected chi connectivity index (χ0v) is 13.9. The number of carbonyl (C=O) groups excluding carboxylic acids is 1. The van der Waals surface area contributed by atoms with Crippen molar-refractivity contribution in [1.29, 1.82) is 0 Å². The third-order valence-corrected chi connectivity index (χ3v) is 5.31. The molecule has 122 valence electrons. The lowest BCUT2D eigenvalue weighted by molar-refractivity contribution is 0.0496. The molecule has 1 atom stereocenters. The van der Waals surface area contributed by atoms with Crippen molar-refractivity contribution >= 4 is 13.4 Å². The molecule has 0 saturated carbocycles. The van der Waals surface area contributed by atoms with Crippen molar-refractivity contribution < 1.29 is 23.1 Å². The minimum Gasteiger partial charge on any atom is -0.353 e. The van der Waals surface area contributed by atoms with Crippen LogP contribution in [0.2, 0.25) is 0 Å². The van der Waals surface area contributed by atoms with Crippen molar-refractivity contribution in [3.63, 3.8) is 0 Å². The van der Waals surface area contributed by atoms with Gasteiger partial charge in [0.2, 0.25) is 11.6 Å². The maximum Gasteiger partial charge on any atom is 0.366 e. The van der Waals surface area contributed by atoms with Crippen molar-refractivity contribution in [3.8, 4) is 0 Å². The van der Waals surface area contributed by atoms with Crippen molar-refractivity contribution in [2.24, 2.45) is 0 Å². The van der Waals surface area contributed by atoms with Gasteiger partial charge in [0.05, 0.1) is 6.61 Å². The second kappa shape index (κ2) is 8.18. The van der Waals surface area contributed by atoms with Gasteiger partial charge in [0.25, 0.3) is 0 Å².